The van der Waals surface area contributed by atoms with Crippen LogP contribution < -0.4 is 0 Å². The number of hydrogen-bond acceptors (Lipinski definition) is 3. The predicted molar refractivity (Wildman–Crippen MR) is 149 cm³/mol. The molecule has 1 atom stereocenters. The number of fused-ring (bicyclic) bond motifs is 1. The number of piperazine rings is 1. The zero-order valence-electron chi connectivity index (χ0n) is 22.4. The number of hydrogen-bond donors (Lipinski definition) is 0. The molecule has 4 aromatic rings. The van der Waals surface area contributed by atoms with Crippen molar-refractivity contribution in [2.45, 2.75) is 24.8 Å². The lowest BCUT2D eigenvalue weighted by Gasteiger charge is -2.41. The molecule has 0 saturated carbocycles. The molecule has 10 heteroatoms. The summed E-state index contributed by atoms with van der Waals surface area (Å²) < 4.78 is 81.1. The van der Waals surface area contributed by atoms with Gasteiger partial charge in [0.05, 0.1) is 11.1 Å². The fourth-order valence-corrected chi connectivity index (χ4v) is 5.22. The Bertz CT molecular complexity index is 1550. The standard InChI is InChI=1S/C32H27F6N3O/c33-31(34,35)27-17-26(18-28(19-27)32(36,37)38)30(42)41-14-13-40(12-4-6-22-5-3-11-39-20-22)21-29(41)16-23-9-10-24-7-1-2-8-25(24)15-23/h1-11,15,17-20,29H,12-14,16,21H2/b6-4-/t29-/m1/s1. The van der Waals surface area contributed by atoms with Crippen LogP contribution in [0.3, 0.4) is 0 Å². The number of rotatable bonds is 6. The third-order valence-corrected chi connectivity index (χ3v) is 7.31. The molecule has 1 fully saturated rings. The molecular formula is C32H27F6N3O. The first-order chi connectivity index (χ1) is 20.0. The summed E-state index contributed by atoms with van der Waals surface area (Å²) in [6.07, 6.45) is -2.42. The summed E-state index contributed by atoms with van der Waals surface area (Å²) >= 11 is 0. The van der Waals surface area contributed by atoms with Crippen molar-refractivity contribution < 1.29 is 31.1 Å². The lowest BCUT2D eigenvalue weighted by Crippen LogP contribution is -2.56. The van der Waals surface area contributed by atoms with Crippen molar-refractivity contribution in [2.75, 3.05) is 26.2 Å². The zero-order chi connectivity index (χ0) is 29.9. The number of amides is 1. The van der Waals surface area contributed by atoms with E-state index < -0.39 is 41.0 Å². The summed E-state index contributed by atoms with van der Waals surface area (Å²) in [4.78, 5) is 21.2. The highest BCUT2D eigenvalue weighted by atomic mass is 19.4. The van der Waals surface area contributed by atoms with Gasteiger partial charge in [-0.2, -0.15) is 26.3 Å². The molecule has 1 aliphatic rings. The Labute approximate surface area is 238 Å². The maximum Gasteiger partial charge on any atom is 0.416 e. The molecule has 1 amide bonds. The monoisotopic (exact) mass is 583 g/mol. The Morgan fingerprint density at radius 3 is 2.24 bits per heavy atom. The molecule has 0 radical (unpaired) electrons. The number of benzene rings is 3. The molecule has 3 aromatic carbocycles. The fourth-order valence-electron chi connectivity index (χ4n) is 5.22. The first kappa shape index (κ1) is 29.3. The molecule has 0 N–H and O–H groups in total. The maximum atomic E-state index is 13.6. The van der Waals surface area contributed by atoms with Gasteiger partial charge in [0, 0.05) is 50.2 Å². The van der Waals surface area contributed by atoms with Crippen LogP contribution in [0.25, 0.3) is 16.8 Å². The van der Waals surface area contributed by atoms with Crippen LogP contribution in [-0.4, -0.2) is 52.9 Å². The van der Waals surface area contributed by atoms with Gasteiger partial charge in [-0.05, 0) is 52.6 Å². The van der Waals surface area contributed by atoms with E-state index in [1.54, 1.807) is 12.4 Å². The smallest absolute Gasteiger partial charge is 0.333 e. The van der Waals surface area contributed by atoms with Crippen LogP contribution in [0, 0.1) is 0 Å². The van der Waals surface area contributed by atoms with E-state index in [0.29, 0.717) is 38.2 Å². The average molecular weight is 584 g/mol. The summed E-state index contributed by atoms with van der Waals surface area (Å²) in [6, 6.07) is 17.9. The predicted octanol–water partition coefficient (Wildman–Crippen LogP) is 7.35. The lowest BCUT2D eigenvalue weighted by molar-refractivity contribution is -0.143. The molecule has 0 bridgehead atoms. The number of carbonyl (C=O) groups is 1. The van der Waals surface area contributed by atoms with Gasteiger partial charge in [0.25, 0.3) is 5.91 Å². The first-order valence-corrected chi connectivity index (χ1v) is 13.3. The topological polar surface area (TPSA) is 36.4 Å². The first-order valence-electron chi connectivity index (χ1n) is 13.3. The molecule has 5 rings (SSSR count). The molecule has 1 aromatic heterocycles. The van der Waals surface area contributed by atoms with E-state index in [2.05, 4.69) is 9.88 Å². The number of halogens is 6. The van der Waals surface area contributed by atoms with Crippen LogP contribution in [0.15, 0.2) is 91.3 Å². The van der Waals surface area contributed by atoms with Crippen LogP contribution in [0.4, 0.5) is 26.3 Å². The van der Waals surface area contributed by atoms with Crippen molar-refractivity contribution in [1.29, 1.82) is 0 Å². The Kier molecular flexibility index (Phi) is 8.36. The second kappa shape index (κ2) is 12.0. The summed E-state index contributed by atoms with van der Waals surface area (Å²) in [5.74, 6) is -0.858. The number of alkyl halides is 6. The molecule has 2 heterocycles. The quantitative estimate of drug-likeness (QED) is 0.223. The summed E-state index contributed by atoms with van der Waals surface area (Å²) in [6.45, 7) is 1.49. The third-order valence-electron chi connectivity index (χ3n) is 7.31. The fraction of sp³-hybridized carbons (Fsp3) is 0.250. The van der Waals surface area contributed by atoms with E-state index in [9.17, 15) is 31.1 Å². The summed E-state index contributed by atoms with van der Waals surface area (Å²) in [5, 5.41) is 2.02. The highest BCUT2D eigenvalue weighted by Crippen LogP contribution is 2.37. The SMILES string of the molecule is O=C(c1cc(C(F)(F)F)cc(C(F)(F)F)c1)N1CCN(C/C=C\c2cccnc2)C[C@H]1Cc1ccc2ccccc2c1. The second-order valence-corrected chi connectivity index (χ2v) is 10.3. The summed E-state index contributed by atoms with van der Waals surface area (Å²) in [5.41, 5.74) is -1.82. The van der Waals surface area contributed by atoms with Gasteiger partial charge in [0.1, 0.15) is 0 Å². The van der Waals surface area contributed by atoms with Gasteiger partial charge in [0.15, 0.2) is 0 Å². The van der Waals surface area contributed by atoms with Gasteiger partial charge >= 0.3 is 12.4 Å². The Hall–Kier alpha value is -4.18. The highest BCUT2D eigenvalue weighted by Gasteiger charge is 2.39. The molecular weight excluding hydrogens is 556 g/mol. The van der Waals surface area contributed by atoms with Crippen molar-refractivity contribution in [3.05, 3.63) is 119 Å². The highest BCUT2D eigenvalue weighted by molar-refractivity contribution is 5.95. The van der Waals surface area contributed by atoms with Crippen LogP contribution in [0.2, 0.25) is 0 Å². The Morgan fingerprint density at radius 1 is 0.857 bits per heavy atom. The second-order valence-electron chi connectivity index (χ2n) is 10.3. The molecule has 4 nitrogen and oxygen atoms in total. The molecule has 1 saturated heterocycles. The third kappa shape index (κ3) is 6.99. The number of carbonyl (C=O) groups excluding carboxylic acids is 1. The number of aromatic nitrogens is 1. The van der Waals surface area contributed by atoms with E-state index >= 15 is 0 Å². The minimum absolute atomic E-state index is 0.0376. The zero-order valence-corrected chi connectivity index (χ0v) is 22.4. The maximum absolute atomic E-state index is 13.6. The van der Waals surface area contributed by atoms with Crippen LogP contribution >= 0.6 is 0 Å². The average Bonchev–Trinajstić information content (AvgIpc) is 2.96. The van der Waals surface area contributed by atoms with Crippen LogP contribution in [0.5, 0.6) is 0 Å². The van der Waals surface area contributed by atoms with Crippen molar-refractivity contribution in [3.63, 3.8) is 0 Å². The summed E-state index contributed by atoms with van der Waals surface area (Å²) in [7, 11) is 0. The van der Waals surface area contributed by atoms with Gasteiger partial charge in [-0.25, -0.2) is 0 Å². The van der Waals surface area contributed by atoms with Crippen molar-refractivity contribution in [3.8, 4) is 0 Å². The molecule has 0 aliphatic carbocycles. The molecule has 218 valence electrons. The Morgan fingerprint density at radius 2 is 1.57 bits per heavy atom. The van der Waals surface area contributed by atoms with E-state index in [1.165, 1.54) is 4.90 Å². The van der Waals surface area contributed by atoms with E-state index in [-0.39, 0.29) is 12.6 Å². The van der Waals surface area contributed by atoms with Gasteiger partial charge < -0.3 is 4.90 Å². The number of pyridine rings is 1. The van der Waals surface area contributed by atoms with Crippen LogP contribution in [-0.2, 0) is 18.8 Å². The van der Waals surface area contributed by atoms with Crippen molar-refractivity contribution in [1.82, 2.24) is 14.8 Å². The lowest BCUT2D eigenvalue weighted by atomic mass is 9.97. The molecule has 0 spiro atoms. The van der Waals surface area contributed by atoms with Crippen molar-refractivity contribution in [2.24, 2.45) is 0 Å². The van der Waals surface area contributed by atoms with Crippen LogP contribution in [0.1, 0.15) is 32.6 Å². The molecule has 1 aliphatic heterocycles. The molecule has 0 unspecified atom stereocenters. The molecule has 42 heavy (non-hydrogen) atoms. The van der Waals surface area contributed by atoms with E-state index in [4.69, 9.17) is 0 Å². The van der Waals surface area contributed by atoms with Gasteiger partial charge in [-0.3, -0.25) is 14.7 Å². The van der Waals surface area contributed by atoms with Gasteiger partial charge in [-0.1, -0.05) is 60.7 Å². The van der Waals surface area contributed by atoms with Crippen molar-refractivity contribution >= 4 is 22.8 Å². The minimum Gasteiger partial charge on any atom is -0.333 e. The minimum atomic E-state index is -5.04. The largest absolute Gasteiger partial charge is 0.416 e. The normalized spacial score (nSPS) is 16.8. The van der Waals surface area contributed by atoms with Gasteiger partial charge in [0.2, 0.25) is 0 Å². The number of nitrogens with zero attached hydrogens (tertiary/aromatic N) is 3. The van der Waals surface area contributed by atoms with Gasteiger partial charge in [-0.15, -0.1) is 0 Å². The van der Waals surface area contributed by atoms with E-state index in [0.717, 1.165) is 21.9 Å². The van der Waals surface area contributed by atoms with E-state index in [1.807, 2.05) is 66.7 Å². The Balaban J connectivity index is 1.44.